The predicted octanol–water partition coefficient (Wildman–Crippen LogP) is 2.05. The molecule has 5 nitrogen and oxygen atoms in total. The summed E-state index contributed by atoms with van der Waals surface area (Å²) < 4.78 is 5.00. The van der Waals surface area contributed by atoms with Gasteiger partial charge in [0.2, 0.25) is 0 Å². The highest BCUT2D eigenvalue weighted by atomic mass is 32.1. The van der Waals surface area contributed by atoms with E-state index >= 15 is 0 Å². The largest absolute Gasteiger partial charge is 0.459 e. The minimum Gasteiger partial charge on any atom is -0.459 e. The molecular formula is C11H13N3O2S. The Morgan fingerprint density at radius 3 is 3.06 bits per heavy atom. The van der Waals surface area contributed by atoms with Crippen LogP contribution in [0, 0.1) is 0 Å². The zero-order valence-electron chi connectivity index (χ0n) is 9.64. The molecule has 6 heteroatoms. The summed E-state index contributed by atoms with van der Waals surface area (Å²) in [5, 5.41) is 5.21. The van der Waals surface area contributed by atoms with Gasteiger partial charge in [-0.3, -0.25) is 10.1 Å². The molecule has 0 aromatic carbocycles. The Bertz CT molecular complexity index is 491. The number of hydrogen-bond acceptors (Lipinski definition) is 5. The maximum Gasteiger partial charge on any atom is 0.293 e. The molecule has 0 unspecified atom stereocenters. The third kappa shape index (κ3) is 3.15. The molecular weight excluding hydrogens is 238 g/mol. The van der Waals surface area contributed by atoms with Crippen molar-refractivity contribution >= 4 is 22.4 Å². The molecule has 0 radical (unpaired) electrons. The van der Waals surface area contributed by atoms with Crippen LogP contribution in [0.1, 0.15) is 16.2 Å². The van der Waals surface area contributed by atoms with Gasteiger partial charge in [-0.1, -0.05) is 0 Å². The fourth-order valence-electron chi connectivity index (χ4n) is 1.33. The van der Waals surface area contributed by atoms with Crippen molar-refractivity contribution in [3.05, 3.63) is 35.2 Å². The second kappa shape index (κ2) is 5.11. The van der Waals surface area contributed by atoms with E-state index in [1.54, 1.807) is 12.1 Å². The Morgan fingerprint density at radius 2 is 2.41 bits per heavy atom. The summed E-state index contributed by atoms with van der Waals surface area (Å²) >= 11 is 1.41. The molecule has 1 amide bonds. The average molecular weight is 251 g/mol. The van der Waals surface area contributed by atoms with Crippen LogP contribution in [0.5, 0.6) is 0 Å². The number of furan rings is 1. The van der Waals surface area contributed by atoms with Crippen molar-refractivity contribution in [2.75, 3.05) is 19.4 Å². The minimum atomic E-state index is -0.277. The van der Waals surface area contributed by atoms with E-state index in [1.165, 1.54) is 17.6 Å². The third-order valence-electron chi connectivity index (χ3n) is 2.00. The Hall–Kier alpha value is -1.66. The van der Waals surface area contributed by atoms with E-state index in [1.807, 2.05) is 24.4 Å². The van der Waals surface area contributed by atoms with Crippen LogP contribution in [0.2, 0.25) is 0 Å². The summed E-state index contributed by atoms with van der Waals surface area (Å²) in [5.74, 6) is 0.00936. The van der Waals surface area contributed by atoms with Crippen LogP contribution in [-0.4, -0.2) is 29.9 Å². The monoisotopic (exact) mass is 251 g/mol. The maximum absolute atomic E-state index is 11.7. The van der Waals surface area contributed by atoms with Gasteiger partial charge in [-0.15, -0.1) is 11.3 Å². The normalized spacial score (nSPS) is 10.8. The second-order valence-corrected chi connectivity index (χ2v) is 4.67. The summed E-state index contributed by atoms with van der Waals surface area (Å²) in [6.07, 6.45) is 1.47. The summed E-state index contributed by atoms with van der Waals surface area (Å²) in [5.41, 5.74) is 0.940. The molecule has 0 bridgehead atoms. The lowest BCUT2D eigenvalue weighted by Crippen LogP contribution is -2.12. The van der Waals surface area contributed by atoms with Gasteiger partial charge in [-0.05, 0) is 26.2 Å². The lowest BCUT2D eigenvalue weighted by atomic mass is 10.4. The molecule has 0 aliphatic heterocycles. The quantitative estimate of drug-likeness (QED) is 0.903. The molecule has 1 N–H and O–H groups in total. The van der Waals surface area contributed by atoms with Crippen LogP contribution >= 0.6 is 11.3 Å². The Labute approximate surface area is 103 Å². The number of thiazole rings is 1. The van der Waals surface area contributed by atoms with Crippen molar-refractivity contribution in [3.63, 3.8) is 0 Å². The molecule has 0 atom stereocenters. The zero-order valence-corrected chi connectivity index (χ0v) is 10.5. The van der Waals surface area contributed by atoms with Gasteiger partial charge in [0.05, 0.1) is 12.0 Å². The van der Waals surface area contributed by atoms with Crippen LogP contribution in [0.15, 0.2) is 28.2 Å². The van der Waals surface area contributed by atoms with Crippen molar-refractivity contribution in [3.8, 4) is 0 Å². The Morgan fingerprint density at radius 1 is 1.59 bits per heavy atom. The molecule has 0 aliphatic carbocycles. The number of carbonyl (C=O) groups is 1. The first-order valence-corrected chi connectivity index (χ1v) is 5.97. The van der Waals surface area contributed by atoms with Crippen molar-refractivity contribution < 1.29 is 9.21 Å². The van der Waals surface area contributed by atoms with Crippen molar-refractivity contribution in [1.29, 1.82) is 0 Å². The van der Waals surface area contributed by atoms with E-state index < -0.39 is 0 Å². The standard InChI is InChI=1S/C11H13N3O2S/c1-14(2)6-8-7-17-11(12-8)13-10(15)9-4-3-5-16-9/h3-5,7H,6H2,1-2H3,(H,12,13,15). The van der Waals surface area contributed by atoms with E-state index in [0.29, 0.717) is 5.13 Å². The average Bonchev–Trinajstić information content (AvgIpc) is 2.87. The Balaban J connectivity index is 1.99. The van der Waals surface area contributed by atoms with E-state index in [9.17, 15) is 4.79 Å². The lowest BCUT2D eigenvalue weighted by Gasteiger charge is -2.05. The van der Waals surface area contributed by atoms with Crippen LogP contribution in [-0.2, 0) is 6.54 Å². The molecule has 2 aromatic rings. The summed E-state index contributed by atoms with van der Waals surface area (Å²) in [4.78, 5) is 18.0. The van der Waals surface area contributed by atoms with Gasteiger partial charge in [0, 0.05) is 11.9 Å². The van der Waals surface area contributed by atoms with Gasteiger partial charge in [0.15, 0.2) is 10.9 Å². The molecule has 0 fully saturated rings. The van der Waals surface area contributed by atoms with Crippen molar-refractivity contribution in [2.45, 2.75) is 6.54 Å². The Kier molecular flexibility index (Phi) is 3.55. The highest BCUT2D eigenvalue weighted by Gasteiger charge is 2.11. The van der Waals surface area contributed by atoms with Gasteiger partial charge in [-0.2, -0.15) is 0 Å². The van der Waals surface area contributed by atoms with Gasteiger partial charge < -0.3 is 9.32 Å². The van der Waals surface area contributed by atoms with Crippen LogP contribution in [0.3, 0.4) is 0 Å². The number of hydrogen-bond donors (Lipinski definition) is 1. The summed E-state index contributed by atoms with van der Waals surface area (Å²) in [6.45, 7) is 0.757. The first kappa shape index (κ1) is 11.8. The van der Waals surface area contributed by atoms with Gasteiger partial charge in [-0.25, -0.2) is 4.98 Å². The third-order valence-corrected chi connectivity index (χ3v) is 2.80. The van der Waals surface area contributed by atoms with E-state index in [2.05, 4.69) is 10.3 Å². The van der Waals surface area contributed by atoms with Crippen LogP contribution in [0.25, 0.3) is 0 Å². The molecule has 2 aromatic heterocycles. The maximum atomic E-state index is 11.7. The van der Waals surface area contributed by atoms with Crippen LogP contribution < -0.4 is 5.32 Å². The number of carbonyl (C=O) groups excluding carboxylic acids is 1. The van der Waals surface area contributed by atoms with Crippen molar-refractivity contribution in [1.82, 2.24) is 9.88 Å². The van der Waals surface area contributed by atoms with Crippen molar-refractivity contribution in [2.24, 2.45) is 0 Å². The SMILES string of the molecule is CN(C)Cc1csc(NC(=O)c2ccco2)n1. The zero-order chi connectivity index (χ0) is 12.3. The molecule has 0 saturated heterocycles. The van der Waals surface area contributed by atoms with E-state index in [4.69, 9.17) is 4.42 Å². The predicted molar refractivity (Wildman–Crippen MR) is 66.2 cm³/mol. The molecule has 17 heavy (non-hydrogen) atoms. The highest BCUT2D eigenvalue weighted by Crippen LogP contribution is 2.17. The second-order valence-electron chi connectivity index (χ2n) is 3.81. The number of amides is 1. The fourth-order valence-corrected chi connectivity index (χ4v) is 2.02. The summed E-state index contributed by atoms with van der Waals surface area (Å²) in [7, 11) is 3.95. The number of aromatic nitrogens is 1. The molecule has 0 aliphatic rings. The molecule has 90 valence electrons. The molecule has 0 spiro atoms. The first-order valence-electron chi connectivity index (χ1n) is 5.09. The van der Waals surface area contributed by atoms with E-state index in [0.717, 1.165) is 12.2 Å². The first-order chi connectivity index (χ1) is 8.15. The topological polar surface area (TPSA) is 58.4 Å². The molecule has 2 rings (SSSR count). The lowest BCUT2D eigenvalue weighted by molar-refractivity contribution is 0.0996. The summed E-state index contributed by atoms with van der Waals surface area (Å²) in [6, 6.07) is 3.29. The van der Waals surface area contributed by atoms with Gasteiger partial charge in [0.1, 0.15) is 0 Å². The highest BCUT2D eigenvalue weighted by molar-refractivity contribution is 7.13. The minimum absolute atomic E-state index is 0.277. The molecule has 2 heterocycles. The number of anilines is 1. The fraction of sp³-hybridized carbons (Fsp3) is 0.273. The number of nitrogens with zero attached hydrogens (tertiary/aromatic N) is 2. The molecule has 0 saturated carbocycles. The van der Waals surface area contributed by atoms with E-state index in [-0.39, 0.29) is 11.7 Å². The van der Waals surface area contributed by atoms with Gasteiger partial charge >= 0.3 is 0 Å². The van der Waals surface area contributed by atoms with Gasteiger partial charge in [0.25, 0.3) is 5.91 Å². The smallest absolute Gasteiger partial charge is 0.293 e. The number of nitrogens with one attached hydrogen (secondary N) is 1. The number of rotatable bonds is 4. The van der Waals surface area contributed by atoms with Crippen LogP contribution in [0.4, 0.5) is 5.13 Å².